The molecular formula is C14H21NO. The van der Waals surface area contributed by atoms with Gasteiger partial charge in [-0.3, -0.25) is 0 Å². The van der Waals surface area contributed by atoms with E-state index in [-0.39, 0.29) is 6.10 Å². The summed E-state index contributed by atoms with van der Waals surface area (Å²) in [6, 6.07) is 6.61. The number of likely N-dealkylation sites (N-methyl/N-ethyl adjacent to an activating group) is 1. The standard InChI is InChI=1S/C14H21NO/c1-11(16)6-7-12-4-3-5-13-8-9-15(2)10-14(12)13/h3-5,11,16H,6-10H2,1-2H3. The van der Waals surface area contributed by atoms with E-state index in [1.807, 2.05) is 6.92 Å². The molecule has 2 nitrogen and oxygen atoms in total. The number of rotatable bonds is 3. The van der Waals surface area contributed by atoms with E-state index in [4.69, 9.17) is 0 Å². The Morgan fingerprint density at radius 3 is 3.00 bits per heavy atom. The molecule has 0 aliphatic carbocycles. The van der Waals surface area contributed by atoms with Crippen molar-refractivity contribution < 1.29 is 5.11 Å². The van der Waals surface area contributed by atoms with Gasteiger partial charge in [0.25, 0.3) is 0 Å². The third kappa shape index (κ3) is 2.63. The molecule has 1 atom stereocenters. The monoisotopic (exact) mass is 219 g/mol. The van der Waals surface area contributed by atoms with Crippen LogP contribution in [0.4, 0.5) is 0 Å². The highest BCUT2D eigenvalue weighted by Gasteiger charge is 2.15. The van der Waals surface area contributed by atoms with Gasteiger partial charge in [0.05, 0.1) is 6.10 Å². The van der Waals surface area contributed by atoms with Gasteiger partial charge in [-0.25, -0.2) is 0 Å². The van der Waals surface area contributed by atoms with Gasteiger partial charge >= 0.3 is 0 Å². The van der Waals surface area contributed by atoms with E-state index < -0.39 is 0 Å². The van der Waals surface area contributed by atoms with Crippen LogP contribution < -0.4 is 0 Å². The first-order valence-corrected chi connectivity index (χ1v) is 6.13. The Balaban J connectivity index is 2.18. The molecule has 1 N–H and O–H groups in total. The molecule has 16 heavy (non-hydrogen) atoms. The minimum absolute atomic E-state index is 0.197. The Labute approximate surface area is 97.9 Å². The minimum atomic E-state index is -0.197. The molecule has 1 heterocycles. The smallest absolute Gasteiger partial charge is 0.0515 e. The van der Waals surface area contributed by atoms with E-state index in [2.05, 4.69) is 30.1 Å². The van der Waals surface area contributed by atoms with Crippen molar-refractivity contribution >= 4 is 0 Å². The van der Waals surface area contributed by atoms with Crippen molar-refractivity contribution in [2.45, 2.75) is 38.8 Å². The van der Waals surface area contributed by atoms with E-state index in [0.717, 1.165) is 32.4 Å². The number of aryl methyl sites for hydroxylation is 1. The van der Waals surface area contributed by atoms with Gasteiger partial charge in [0.1, 0.15) is 0 Å². The quantitative estimate of drug-likeness (QED) is 0.840. The molecule has 0 bridgehead atoms. The van der Waals surface area contributed by atoms with Gasteiger partial charge in [-0.1, -0.05) is 18.2 Å². The zero-order valence-corrected chi connectivity index (χ0v) is 10.2. The molecule has 0 spiro atoms. The molecule has 1 unspecified atom stereocenters. The molecular weight excluding hydrogens is 198 g/mol. The lowest BCUT2D eigenvalue weighted by molar-refractivity contribution is 0.184. The summed E-state index contributed by atoms with van der Waals surface area (Å²) >= 11 is 0. The van der Waals surface area contributed by atoms with Crippen molar-refractivity contribution in [3.63, 3.8) is 0 Å². The second kappa shape index (κ2) is 4.98. The number of fused-ring (bicyclic) bond motifs is 1. The van der Waals surface area contributed by atoms with Gasteiger partial charge in [0.15, 0.2) is 0 Å². The highest BCUT2D eigenvalue weighted by Crippen LogP contribution is 2.23. The third-order valence-corrected chi connectivity index (χ3v) is 3.39. The van der Waals surface area contributed by atoms with Crippen LogP contribution >= 0.6 is 0 Å². The molecule has 0 saturated heterocycles. The van der Waals surface area contributed by atoms with Gasteiger partial charge < -0.3 is 10.0 Å². The summed E-state index contributed by atoms with van der Waals surface area (Å²) in [6.45, 7) is 4.08. The van der Waals surface area contributed by atoms with Crippen LogP contribution in [0.15, 0.2) is 18.2 Å². The Bertz CT molecular complexity index is 360. The van der Waals surface area contributed by atoms with Gasteiger partial charge in [-0.15, -0.1) is 0 Å². The molecule has 0 aromatic heterocycles. The van der Waals surface area contributed by atoms with Crippen LogP contribution in [-0.4, -0.2) is 29.7 Å². The number of aliphatic hydroxyl groups excluding tert-OH is 1. The Morgan fingerprint density at radius 1 is 1.44 bits per heavy atom. The minimum Gasteiger partial charge on any atom is -0.393 e. The molecule has 1 aliphatic heterocycles. The van der Waals surface area contributed by atoms with Crippen molar-refractivity contribution in [1.29, 1.82) is 0 Å². The predicted octanol–water partition coefficient (Wildman–Crippen LogP) is 1.99. The van der Waals surface area contributed by atoms with Crippen LogP contribution in [0.1, 0.15) is 30.0 Å². The number of nitrogens with zero attached hydrogens (tertiary/aromatic N) is 1. The fourth-order valence-corrected chi connectivity index (χ4v) is 2.38. The van der Waals surface area contributed by atoms with Crippen molar-refractivity contribution in [3.05, 3.63) is 34.9 Å². The van der Waals surface area contributed by atoms with Crippen molar-refractivity contribution in [2.75, 3.05) is 13.6 Å². The normalized spacial score (nSPS) is 18.2. The van der Waals surface area contributed by atoms with Gasteiger partial charge in [0.2, 0.25) is 0 Å². The molecule has 2 rings (SSSR count). The van der Waals surface area contributed by atoms with Crippen LogP contribution in [0.3, 0.4) is 0 Å². The Kier molecular flexibility index (Phi) is 3.62. The van der Waals surface area contributed by atoms with E-state index in [1.54, 1.807) is 0 Å². The summed E-state index contributed by atoms with van der Waals surface area (Å²) in [4.78, 5) is 2.37. The molecule has 1 aliphatic rings. The lowest BCUT2D eigenvalue weighted by Crippen LogP contribution is -2.27. The van der Waals surface area contributed by atoms with Gasteiger partial charge in [0, 0.05) is 13.1 Å². The fourth-order valence-electron chi connectivity index (χ4n) is 2.38. The second-order valence-electron chi connectivity index (χ2n) is 4.93. The summed E-state index contributed by atoms with van der Waals surface area (Å²) in [5.74, 6) is 0. The second-order valence-corrected chi connectivity index (χ2v) is 4.93. The number of aliphatic hydroxyl groups is 1. The van der Waals surface area contributed by atoms with Crippen LogP contribution in [0.5, 0.6) is 0 Å². The molecule has 88 valence electrons. The Morgan fingerprint density at radius 2 is 2.25 bits per heavy atom. The van der Waals surface area contributed by atoms with E-state index in [9.17, 15) is 5.11 Å². The average Bonchev–Trinajstić information content (AvgIpc) is 2.26. The van der Waals surface area contributed by atoms with Gasteiger partial charge in [-0.05, 0) is 49.9 Å². The van der Waals surface area contributed by atoms with Crippen LogP contribution in [-0.2, 0) is 19.4 Å². The maximum absolute atomic E-state index is 9.36. The zero-order valence-electron chi connectivity index (χ0n) is 10.2. The maximum Gasteiger partial charge on any atom is 0.0515 e. The molecule has 0 amide bonds. The van der Waals surface area contributed by atoms with E-state index in [1.165, 1.54) is 16.7 Å². The first kappa shape index (κ1) is 11.6. The van der Waals surface area contributed by atoms with Gasteiger partial charge in [-0.2, -0.15) is 0 Å². The Hall–Kier alpha value is -0.860. The first-order valence-electron chi connectivity index (χ1n) is 6.13. The SMILES string of the molecule is CC(O)CCc1cccc2c1CN(C)CC2. The summed E-state index contributed by atoms with van der Waals surface area (Å²) in [7, 11) is 2.17. The molecule has 1 aromatic rings. The number of hydrogen-bond donors (Lipinski definition) is 1. The topological polar surface area (TPSA) is 23.5 Å². The highest BCUT2D eigenvalue weighted by molar-refractivity contribution is 5.37. The third-order valence-electron chi connectivity index (χ3n) is 3.39. The van der Waals surface area contributed by atoms with Crippen LogP contribution in [0.2, 0.25) is 0 Å². The lowest BCUT2D eigenvalue weighted by Gasteiger charge is -2.27. The molecule has 0 radical (unpaired) electrons. The summed E-state index contributed by atoms with van der Waals surface area (Å²) in [6.07, 6.45) is 2.82. The lowest BCUT2D eigenvalue weighted by atomic mass is 9.92. The molecule has 2 heteroatoms. The van der Waals surface area contributed by atoms with E-state index in [0.29, 0.717) is 0 Å². The summed E-state index contributed by atoms with van der Waals surface area (Å²) in [5, 5.41) is 9.36. The average molecular weight is 219 g/mol. The summed E-state index contributed by atoms with van der Waals surface area (Å²) in [5.41, 5.74) is 4.42. The highest BCUT2D eigenvalue weighted by atomic mass is 16.3. The van der Waals surface area contributed by atoms with Crippen molar-refractivity contribution in [1.82, 2.24) is 4.90 Å². The first-order chi connectivity index (χ1) is 7.66. The van der Waals surface area contributed by atoms with Crippen LogP contribution in [0.25, 0.3) is 0 Å². The maximum atomic E-state index is 9.36. The van der Waals surface area contributed by atoms with E-state index >= 15 is 0 Å². The van der Waals surface area contributed by atoms with Crippen molar-refractivity contribution in [3.8, 4) is 0 Å². The fraction of sp³-hybridized carbons (Fsp3) is 0.571. The molecule has 1 aromatic carbocycles. The number of hydrogen-bond acceptors (Lipinski definition) is 2. The zero-order chi connectivity index (χ0) is 11.5. The van der Waals surface area contributed by atoms with Crippen LogP contribution in [0, 0.1) is 0 Å². The predicted molar refractivity (Wildman–Crippen MR) is 66.5 cm³/mol. The molecule has 0 saturated carbocycles. The summed E-state index contributed by atoms with van der Waals surface area (Å²) < 4.78 is 0. The largest absolute Gasteiger partial charge is 0.393 e. The molecule has 0 fully saturated rings. The number of benzene rings is 1. The van der Waals surface area contributed by atoms with Crippen molar-refractivity contribution in [2.24, 2.45) is 0 Å².